The van der Waals surface area contributed by atoms with E-state index in [1.807, 2.05) is 24.3 Å². The van der Waals surface area contributed by atoms with Crippen LogP contribution in [0.5, 0.6) is 11.5 Å². The Morgan fingerprint density at radius 2 is 1.77 bits per heavy atom. The number of nitrogens with one attached hydrogen (secondary N) is 2. The molecular weight excluding hydrogens is 471 g/mol. The van der Waals surface area contributed by atoms with Gasteiger partial charge in [-0.2, -0.15) is 0 Å². The molecule has 0 aliphatic heterocycles. The molecule has 0 spiro atoms. The predicted molar refractivity (Wildman–Crippen MR) is 129 cm³/mol. The highest BCUT2D eigenvalue weighted by molar-refractivity contribution is 7.13. The van der Waals surface area contributed by atoms with Crippen LogP contribution in [0.4, 0.5) is 10.1 Å². The van der Waals surface area contributed by atoms with E-state index < -0.39 is 5.91 Å². The number of ether oxygens (including phenoxy) is 2. The number of nitrogens with zero attached hydrogens (tertiary/aromatic N) is 2. The van der Waals surface area contributed by atoms with Crippen molar-refractivity contribution in [2.24, 2.45) is 0 Å². The molecule has 0 aliphatic carbocycles. The number of anilines is 1. The van der Waals surface area contributed by atoms with E-state index in [0.29, 0.717) is 34.3 Å². The van der Waals surface area contributed by atoms with Crippen LogP contribution in [0.3, 0.4) is 0 Å². The number of methoxy groups -OCH3 is 1. The molecule has 2 amide bonds. The van der Waals surface area contributed by atoms with Gasteiger partial charge in [0.05, 0.1) is 7.11 Å². The van der Waals surface area contributed by atoms with E-state index in [0.717, 1.165) is 16.9 Å². The zero-order chi connectivity index (χ0) is 24.6. The Labute approximate surface area is 204 Å². The summed E-state index contributed by atoms with van der Waals surface area (Å²) in [6.45, 7) is 0.394. The summed E-state index contributed by atoms with van der Waals surface area (Å²) in [6.07, 6.45) is 0. The summed E-state index contributed by atoms with van der Waals surface area (Å²) in [6, 6.07) is 19.6. The molecule has 10 heteroatoms. The first-order valence-electron chi connectivity index (χ1n) is 10.5. The molecule has 0 atom stereocenters. The smallest absolute Gasteiger partial charge is 0.286 e. The van der Waals surface area contributed by atoms with Crippen molar-refractivity contribution >= 4 is 28.8 Å². The van der Waals surface area contributed by atoms with E-state index in [2.05, 4.69) is 20.8 Å². The molecule has 0 unspecified atom stereocenters. The van der Waals surface area contributed by atoms with Crippen LogP contribution >= 0.6 is 11.3 Å². The average Bonchev–Trinajstić information content (AvgIpc) is 3.36. The fourth-order valence-corrected chi connectivity index (χ4v) is 3.78. The van der Waals surface area contributed by atoms with Crippen LogP contribution in [0, 0.1) is 5.82 Å². The van der Waals surface area contributed by atoms with Crippen molar-refractivity contribution in [2.45, 2.75) is 13.2 Å². The van der Waals surface area contributed by atoms with Gasteiger partial charge in [0.25, 0.3) is 11.8 Å². The summed E-state index contributed by atoms with van der Waals surface area (Å²) in [7, 11) is 1.58. The van der Waals surface area contributed by atoms with Gasteiger partial charge in [-0.25, -0.2) is 4.39 Å². The number of para-hydroxylation sites is 1. The summed E-state index contributed by atoms with van der Waals surface area (Å²) in [5.74, 6) is 0.0668. The van der Waals surface area contributed by atoms with Gasteiger partial charge >= 0.3 is 0 Å². The average molecular weight is 493 g/mol. The summed E-state index contributed by atoms with van der Waals surface area (Å²) in [4.78, 5) is 25.2. The standard InChI is InChI=1S/C25H21FN4O4S/c1-33-21-8-3-2-5-17(21)14-27-23(31)16-6-4-7-19(13-16)28-24(32)25-30-29-22(35-25)15-34-20-11-9-18(26)10-12-20/h2-13H,14-15H2,1H3,(H,27,31)(H,28,32). The number of hydrogen-bond acceptors (Lipinski definition) is 7. The topological polar surface area (TPSA) is 102 Å². The van der Waals surface area contributed by atoms with Crippen molar-refractivity contribution in [1.29, 1.82) is 0 Å². The first kappa shape index (κ1) is 23.8. The largest absolute Gasteiger partial charge is 0.496 e. The minimum absolute atomic E-state index is 0.0957. The van der Waals surface area contributed by atoms with E-state index in [9.17, 15) is 14.0 Å². The molecule has 0 aliphatic rings. The summed E-state index contributed by atoms with van der Waals surface area (Å²) in [5, 5.41) is 14.1. The molecule has 0 bridgehead atoms. The normalized spacial score (nSPS) is 10.5. The van der Waals surface area contributed by atoms with Gasteiger partial charge in [-0.05, 0) is 48.5 Å². The fraction of sp³-hybridized carbons (Fsp3) is 0.120. The zero-order valence-corrected chi connectivity index (χ0v) is 19.5. The van der Waals surface area contributed by atoms with Crippen molar-refractivity contribution in [3.05, 3.63) is 99.8 Å². The molecule has 0 saturated heterocycles. The molecule has 3 aromatic carbocycles. The van der Waals surface area contributed by atoms with Crippen molar-refractivity contribution in [1.82, 2.24) is 15.5 Å². The minimum Gasteiger partial charge on any atom is -0.496 e. The van der Waals surface area contributed by atoms with E-state index in [4.69, 9.17) is 9.47 Å². The highest BCUT2D eigenvalue weighted by Gasteiger charge is 2.15. The van der Waals surface area contributed by atoms with Gasteiger partial charge < -0.3 is 20.1 Å². The number of rotatable bonds is 9. The second-order valence-corrected chi connectivity index (χ2v) is 8.34. The van der Waals surface area contributed by atoms with Gasteiger partial charge in [0, 0.05) is 23.4 Å². The third kappa shape index (κ3) is 6.39. The lowest BCUT2D eigenvalue weighted by Gasteiger charge is -2.10. The number of benzene rings is 3. The van der Waals surface area contributed by atoms with Gasteiger partial charge in [0.1, 0.15) is 23.9 Å². The van der Waals surface area contributed by atoms with Crippen molar-refractivity contribution < 1.29 is 23.5 Å². The lowest BCUT2D eigenvalue weighted by atomic mass is 10.1. The van der Waals surface area contributed by atoms with E-state index in [1.54, 1.807) is 31.4 Å². The maximum Gasteiger partial charge on any atom is 0.286 e. The summed E-state index contributed by atoms with van der Waals surface area (Å²) in [5.41, 5.74) is 1.69. The van der Waals surface area contributed by atoms with E-state index in [-0.39, 0.29) is 23.3 Å². The molecule has 178 valence electrons. The molecule has 1 aromatic heterocycles. The third-order valence-corrected chi connectivity index (χ3v) is 5.75. The van der Waals surface area contributed by atoms with Crippen LogP contribution in [0.15, 0.2) is 72.8 Å². The SMILES string of the molecule is COc1ccccc1CNC(=O)c1cccc(NC(=O)c2nnc(COc3ccc(F)cc3)s2)c1. The molecule has 35 heavy (non-hydrogen) atoms. The summed E-state index contributed by atoms with van der Waals surface area (Å²) >= 11 is 1.08. The maximum atomic E-state index is 13.0. The maximum absolute atomic E-state index is 13.0. The van der Waals surface area contributed by atoms with Gasteiger partial charge in [0.15, 0.2) is 5.01 Å². The van der Waals surface area contributed by atoms with Gasteiger partial charge in [-0.15, -0.1) is 10.2 Å². The Morgan fingerprint density at radius 1 is 0.971 bits per heavy atom. The quantitative estimate of drug-likeness (QED) is 0.358. The fourth-order valence-electron chi connectivity index (χ4n) is 3.13. The molecule has 0 saturated carbocycles. The number of halogens is 1. The van der Waals surface area contributed by atoms with Gasteiger partial charge in [0.2, 0.25) is 5.01 Å². The molecule has 2 N–H and O–H groups in total. The molecule has 8 nitrogen and oxygen atoms in total. The number of hydrogen-bond donors (Lipinski definition) is 2. The van der Waals surface area contributed by atoms with E-state index in [1.165, 1.54) is 24.3 Å². The highest BCUT2D eigenvalue weighted by atomic mass is 32.1. The lowest BCUT2D eigenvalue weighted by molar-refractivity contribution is 0.0949. The summed E-state index contributed by atoms with van der Waals surface area (Å²) < 4.78 is 23.8. The zero-order valence-electron chi connectivity index (χ0n) is 18.7. The number of aromatic nitrogens is 2. The number of amides is 2. The Bertz CT molecular complexity index is 1330. The van der Waals surface area contributed by atoms with Crippen LogP contribution in [0.25, 0.3) is 0 Å². The third-order valence-electron chi connectivity index (χ3n) is 4.85. The van der Waals surface area contributed by atoms with E-state index >= 15 is 0 Å². The molecular formula is C25H21FN4O4S. The predicted octanol–water partition coefficient (Wildman–Crippen LogP) is 4.45. The Balaban J connectivity index is 1.33. The highest BCUT2D eigenvalue weighted by Crippen LogP contribution is 2.19. The minimum atomic E-state index is -0.456. The monoisotopic (exact) mass is 492 g/mol. The molecule has 0 radical (unpaired) electrons. The van der Waals surface area contributed by atoms with Crippen molar-refractivity contribution in [3.63, 3.8) is 0 Å². The second kappa shape index (κ2) is 11.2. The number of carbonyl (C=O) groups excluding carboxylic acids is 2. The van der Waals surface area contributed by atoms with Crippen LogP contribution in [-0.2, 0) is 13.2 Å². The molecule has 4 aromatic rings. The molecule has 0 fully saturated rings. The van der Waals surface area contributed by atoms with Crippen LogP contribution in [-0.4, -0.2) is 29.1 Å². The van der Waals surface area contributed by atoms with Crippen LogP contribution in [0.2, 0.25) is 0 Å². The van der Waals surface area contributed by atoms with Crippen molar-refractivity contribution in [2.75, 3.05) is 12.4 Å². The van der Waals surface area contributed by atoms with Gasteiger partial charge in [-0.3, -0.25) is 9.59 Å². The van der Waals surface area contributed by atoms with Crippen LogP contribution in [0.1, 0.15) is 30.7 Å². The van der Waals surface area contributed by atoms with Gasteiger partial charge in [-0.1, -0.05) is 35.6 Å². The number of carbonyl (C=O) groups is 2. The Kier molecular flexibility index (Phi) is 7.63. The molecule has 1 heterocycles. The van der Waals surface area contributed by atoms with Crippen molar-refractivity contribution in [3.8, 4) is 11.5 Å². The lowest BCUT2D eigenvalue weighted by Crippen LogP contribution is -2.23. The second-order valence-electron chi connectivity index (χ2n) is 7.27. The Morgan fingerprint density at radius 3 is 2.57 bits per heavy atom. The molecule has 4 rings (SSSR count). The first-order valence-corrected chi connectivity index (χ1v) is 11.4. The first-order chi connectivity index (χ1) is 17.0. The Hall–Kier alpha value is -4.31. The van der Waals surface area contributed by atoms with Crippen LogP contribution < -0.4 is 20.1 Å².